The summed E-state index contributed by atoms with van der Waals surface area (Å²) in [4.78, 5) is 19.0. The van der Waals surface area contributed by atoms with Crippen LogP contribution >= 0.6 is 0 Å². The van der Waals surface area contributed by atoms with E-state index in [1.807, 2.05) is 38.1 Å². The highest BCUT2D eigenvalue weighted by Gasteiger charge is 2.15. The third-order valence-electron chi connectivity index (χ3n) is 5.81. The van der Waals surface area contributed by atoms with E-state index in [-0.39, 0.29) is 18.3 Å². The molecule has 0 spiro atoms. The quantitative estimate of drug-likeness (QED) is 0.225. The van der Waals surface area contributed by atoms with Gasteiger partial charge >= 0.3 is 0 Å². The third-order valence-corrected chi connectivity index (χ3v) is 5.81. The first-order valence-electron chi connectivity index (χ1n) is 12.7. The van der Waals surface area contributed by atoms with Gasteiger partial charge in [-0.2, -0.15) is 5.26 Å². The van der Waals surface area contributed by atoms with Crippen LogP contribution in [0.4, 0.5) is 21.5 Å². The van der Waals surface area contributed by atoms with E-state index in [2.05, 4.69) is 21.7 Å². The smallest absolute Gasteiger partial charge is 0.248 e. The van der Waals surface area contributed by atoms with E-state index < -0.39 is 0 Å². The minimum Gasteiger partial charge on any atom is -0.492 e. The zero-order valence-electron chi connectivity index (χ0n) is 22.6. The number of rotatable bonds is 11. The second kappa shape index (κ2) is 13.2. The summed E-state index contributed by atoms with van der Waals surface area (Å²) in [7, 11) is 3.83. The fraction of sp³-hybridized carbons (Fsp3) is 0.194. The highest BCUT2D eigenvalue weighted by Crippen LogP contribution is 2.36. The van der Waals surface area contributed by atoms with Gasteiger partial charge in [-0.25, -0.2) is 4.39 Å². The normalized spacial score (nSPS) is 11.0. The first kappa shape index (κ1) is 28.1. The van der Waals surface area contributed by atoms with Crippen molar-refractivity contribution in [2.75, 3.05) is 37.9 Å². The highest BCUT2D eigenvalue weighted by molar-refractivity contribution is 6.04. The van der Waals surface area contributed by atoms with Gasteiger partial charge in [0.1, 0.15) is 30.0 Å². The molecule has 0 bridgehead atoms. The van der Waals surface area contributed by atoms with Crippen LogP contribution in [0.3, 0.4) is 0 Å². The summed E-state index contributed by atoms with van der Waals surface area (Å²) in [6.07, 6.45) is 4.74. The Morgan fingerprint density at radius 3 is 2.62 bits per heavy atom. The standard InChI is InChI=1S/C31H30FN5O3/c1-4-39-29-17-27-26(16-28(29)36-30(38)9-6-14-37(2)3)31(22(18-33)19-34-27)35-24-10-12-25(13-11-24)40-20-21-7-5-8-23(32)15-21/h5-13,15-17,19H,4,14,20H2,1-3H3,(H,34,35)(H,36,38)/b9-6+. The number of ether oxygens (including phenoxy) is 2. The number of likely N-dealkylation sites (N-methyl/N-ethyl adjacent to an activating group) is 1. The summed E-state index contributed by atoms with van der Waals surface area (Å²) in [5.41, 5.74) is 3.39. The molecular weight excluding hydrogens is 509 g/mol. The number of amides is 1. The number of nitriles is 1. The number of anilines is 3. The summed E-state index contributed by atoms with van der Waals surface area (Å²) in [6, 6.07) is 19.2. The molecule has 3 aromatic carbocycles. The predicted octanol–water partition coefficient (Wildman–Crippen LogP) is 6.02. The van der Waals surface area contributed by atoms with Crippen molar-refractivity contribution in [3.63, 3.8) is 0 Å². The lowest BCUT2D eigenvalue weighted by atomic mass is 10.1. The Labute approximate surface area is 232 Å². The number of pyridine rings is 1. The van der Waals surface area contributed by atoms with Gasteiger partial charge in [0.15, 0.2) is 0 Å². The van der Waals surface area contributed by atoms with Gasteiger partial charge in [-0.05, 0) is 69.0 Å². The van der Waals surface area contributed by atoms with Gasteiger partial charge in [-0.3, -0.25) is 9.78 Å². The lowest BCUT2D eigenvalue weighted by Crippen LogP contribution is -2.13. The number of benzene rings is 3. The zero-order chi connectivity index (χ0) is 28.5. The number of carbonyl (C=O) groups excluding carboxylic acids is 1. The first-order chi connectivity index (χ1) is 19.4. The molecule has 0 aliphatic heterocycles. The van der Waals surface area contributed by atoms with Gasteiger partial charge in [-0.15, -0.1) is 0 Å². The highest BCUT2D eigenvalue weighted by atomic mass is 19.1. The molecule has 0 aliphatic carbocycles. The average molecular weight is 540 g/mol. The Kier molecular flexibility index (Phi) is 9.28. The fourth-order valence-electron chi connectivity index (χ4n) is 3.93. The molecular formula is C31H30FN5O3. The molecule has 4 rings (SSSR count). The number of aromatic nitrogens is 1. The first-order valence-corrected chi connectivity index (χ1v) is 12.7. The van der Waals surface area contributed by atoms with E-state index >= 15 is 0 Å². The molecule has 1 amide bonds. The van der Waals surface area contributed by atoms with Crippen molar-refractivity contribution in [1.29, 1.82) is 5.26 Å². The molecule has 204 valence electrons. The topological polar surface area (TPSA) is 99.5 Å². The van der Waals surface area contributed by atoms with Crippen LogP contribution in [0.2, 0.25) is 0 Å². The van der Waals surface area contributed by atoms with Crippen LogP contribution < -0.4 is 20.1 Å². The molecule has 4 aromatic rings. The molecule has 0 unspecified atom stereocenters. The lowest BCUT2D eigenvalue weighted by molar-refractivity contribution is -0.111. The second-order valence-electron chi connectivity index (χ2n) is 9.18. The number of hydrogen-bond acceptors (Lipinski definition) is 7. The molecule has 0 radical (unpaired) electrons. The van der Waals surface area contributed by atoms with Crippen LogP contribution in [0.5, 0.6) is 11.5 Å². The molecule has 1 heterocycles. The Balaban J connectivity index is 1.60. The summed E-state index contributed by atoms with van der Waals surface area (Å²) in [6.45, 7) is 3.12. The Bertz CT molecular complexity index is 1560. The molecule has 9 heteroatoms. The van der Waals surface area contributed by atoms with E-state index in [1.165, 1.54) is 24.4 Å². The van der Waals surface area contributed by atoms with Crippen LogP contribution in [0.1, 0.15) is 18.1 Å². The molecule has 0 aliphatic rings. The minimum atomic E-state index is -0.310. The molecule has 0 fully saturated rings. The molecule has 0 saturated carbocycles. The number of nitrogens with one attached hydrogen (secondary N) is 2. The van der Waals surface area contributed by atoms with Crippen molar-refractivity contribution in [3.05, 3.63) is 96.0 Å². The van der Waals surface area contributed by atoms with Crippen LogP contribution in [0.15, 0.2) is 79.0 Å². The van der Waals surface area contributed by atoms with E-state index in [0.29, 0.717) is 58.2 Å². The van der Waals surface area contributed by atoms with Gasteiger partial charge in [0.2, 0.25) is 5.91 Å². The van der Waals surface area contributed by atoms with Crippen molar-refractivity contribution in [1.82, 2.24) is 9.88 Å². The Hall–Kier alpha value is -4.94. The van der Waals surface area contributed by atoms with E-state index in [1.54, 1.807) is 42.5 Å². The molecule has 1 aromatic heterocycles. The third kappa shape index (κ3) is 7.34. The van der Waals surface area contributed by atoms with Crippen LogP contribution in [0, 0.1) is 17.1 Å². The predicted molar refractivity (Wildman–Crippen MR) is 154 cm³/mol. The van der Waals surface area contributed by atoms with E-state index in [9.17, 15) is 14.4 Å². The van der Waals surface area contributed by atoms with Crippen LogP contribution in [-0.4, -0.2) is 43.0 Å². The number of fused-ring (bicyclic) bond motifs is 1. The van der Waals surface area contributed by atoms with E-state index in [0.717, 1.165) is 5.56 Å². The van der Waals surface area contributed by atoms with Crippen molar-refractivity contribution in [2.24, 2.45) is 0 Å². The summed E-state index contributed by atoms with van der Waals surface area (Å²) in [5.74, 6) is 0.487. The van der Waals surface area contributed by atoms with Gasteiger partial charge in [0, 0.05) is 36.0 Å². The number of halogens is 1. The summed E-state index contributed by atoms with van der Waals surface area (Å²) >= 11 is 0. The van der Waals surface area contributed by atoms with Gasteiger partial charge in [0.05, 0.1) is 29.1 Å². The maximum atomic E-state index is 13.4. The van der Waals surface area contributed by atoms with Crippen molar-refractivity contribution < 1.29 is 18.7 Å². The van der Waals surface area contributed by atoms with Gasteiger partial charge in [0.25, 0.3) is 0 Å². The fourth-order valence-corrected chi connectivity index (χ4v) is 3.93. The number of hydrogen-bond donors (Lipinski definition) is 2. The van der Waals surface area contributed by atoms with Crippen LogP contribution in [-0.2, 0) is 11.4 Å². The Morgan fingerprint density at radius 2 is 1.93 bits per heavy atom. The monoisotopic (exact) mass is 539 g/mol. The SMILES string of the molecule is CCOc1cc2ncc(C#N)c(Nc3ccc(OCc4cccc(F)c4)cc3)c2cc1NC(=O)/C=C/CN(C)C. The summed E-state index contributed by atoms with van der Waals surface area (Å²) in [5, 5.41) is 16.6. The molecule has 0 atom stereocenters. The lowest BCUT2D eigenvalue weighted by Gasteiger charge is -2.16. The van der Waals surface area contributed by atoms with Crippen molar-refractivity contribution in [3.8, 4) is 17.6 Å². The maximum Gasteiger partial charge on any atom is 0.248 e. The van der Waals surface area contributed by atoms with Gasteiger partial charge < -0.3 is 25.0 Å². The minimum absolute atomic E-state index is 0.235. The number of carbonyl (C=O) groups is 1. The average Bonchev–Trinajstić information content (AvgIpc) is 2.93. The number of nitrogens with zero attached hydrogens (tertiary/aromatic N) is 3. The molecule has 0 saturated heterocycles. The zero-order valence-corrected chi connectivity index (χ0v) is 22.6. The second-order valence-corrected chi connectivity index (χ2v) is 9.18. The maximum absolute atomic E-state index is 13.4. The van der Waals surface area contributed by atoms with Crippen LogP contribution in [0.25, 0.3) is 10.9 Å². The largest absolute Gasteiger partial charge is 0.492 e. The van der Waals surface area contributed by atoms with Crippen molar-refractivity contribution >= 4 is 33.9 Å². The molecule has 8 nitrogen and oxygen atoms in total. The summed E-state index contributed by atoms with van der Waals surface area (Å²) < 4.78 is 25.0. The van der Waals surface area contributed by atoms with Gasteiger partial charge in [-0.1, -0.05) is 18.2 Å². The molecule has 2 N–H and O–H groups in total. The van der Waals surface area contributed by atoms with Crippen molar-refractivity contribution in [2.45, 2.75) is 13.5 Å². The Morgan fingerprint density at radius 1 is 1.12 bits per heavy atom. The van der Waals surface area contributed by atoms with E-state index in [4.69, 9.17) is 9.47 Å². The molecule has 40 heavy (non-hydrogen) atoms.